The summed E-state index contributed by atoms with van der Waals surface area (Å²) >= 11 is 0. The molecule has 2 rings (SSSR count). The minimum absolute atomic E-state index is 0.116. The fourth-order valence-corrected chi connectivity index (χ4v) is 1.89. The first-order chi connectivity index (χ1) is 7.16. The van der Waals surface area contributed by atoms with Crippen LogP contribution in [0.1, 0.15) is 19.8 Å². The molecule has 0 aliphatic carbocycles. The predicted octanol–water partition coefficient (Wildman–Crippen LogP) is 0.0619. The second kappa shape index (κ2) is 4.47. The van der Waals surface area contributed by atoms with Gasteiger partial charge in [0.25, 0.3) is 0 Å². The maximum atomic E-state index is 11.1. The van der Waals surface area contributed by atoms with Gasteiger partial charge in [0, 0.05) is 6.42 Å². The molecule has 0 spiro atoms. The summed E-state index contributed by atoms with van der Waals surface area (Å²) in [6.45, 7) is 2.94. The van der Waals surface area contributed by atoms with Gasteiger partial charge in [0.15, 0.2) is 6.29 Å². The van der Waals surface area contributed by atoms with Gasteiger partial charge in [-0.2, -0.15) is 0 Å². The van der Waals surface area contributed by atoms with E-state index in [2.05, 4.69) is 0 Å². The van der Waals surface area contributed by atoms with Crippen LogP contribution in [0.4, 0.5) is 0 Å². The van der Waals surface area contributed by atoms with Crippen LogP contribution >= 0.6 is 0 Å². The van der Waals surface area contributed by atoms with E-state index in [-0.39, 0.29) is 18.2 Å². The molecule has 15 heavy (non-hydrogen) atoms. The topological polar surface area (TPSA) is 65.0 Å². The van der Waals surface area contributed by atoms with Crippen molar-refractivity contribution in [2.75, 3.05) is 13.2 Å². The average Bonchev–Trinajstić information content (AvgIpc) is 2.78. The molecule has 0 bridgehead atoms. The van der Waals surface area contributed by atoms with Crippen molar-refractivity contribution in [3.05, 3.63) is 0 Å². The highest BCUT2D eigenvalue weighted by Gasteiger charge is 2.37. The number of hydrogen-bond acceptors (Lipinski definition) is 5. The number of aliphatic hydroxyl groups is 1. The van der Waals surface area contributed by atoms with E-state index in [0.717, 1.165) is 0 Å². The van der Waals surface area contributed by atoms with Crippen molar-refractivity contribution in [1.29, 1.82) is 0 Å². The lowest BCUT2D eigenvalue weighted by Gasteiger charge is -2.19. The van der Waals surface area contributed by atoms with Crippen LogP contribution in [0, 0.1) is 5.92 Å². The van der Waals surface area contributed by atoms with E-state index in [1.807, 2.05) is 0 Å². The van der Waals surface area contributed by atoms with Crippen LogP contribution in [0.2, 0.25) is 0 Å². The third-order valence-electron chi connectivity index (χ3n) is 2.81. The Morgan fingerprint density at radius 3 is 2.67 bits per heavy atom. The molecule has 2 saturated heterocycles. The molecular weight excluding hydrogens is 200 g/mol. The Morgan fingerprint density at radius 2 is 2.13 bits per heavy atom. The maximum absolute atomic E-state index is 11.1. The number of cyclic esters (lactones) is 1. The third-order valence-corrected chi connectivity index (χ3v) is 2.81. The normalized spacial score (nSPS) is 34.4. The van der Waals surface area contributed by atoms with Gasteiger partial charge in [0.05, 0.1) is 25.2 Å². The van der Waals surface area contributed by atoms with Crippen LogP contribution < -0.4 is 0 Å². The number of esters is 1. The quantitative estimate of drug-likeness (QED) is 0.676. The molecule has 3 atom stereocenters. The van der Waals surface area contributed by atoms with Crippen LogP contribution in [0.3, 0.4) is 0 Å². The molecular formula is C10H16O5. The van der Waals surface area contributed by atoms with E-state index in [1.165, 1.54) is 0 Å². The molecule has 2 fully saturated rings. The number of ether oxygens (including phenoxy) is 3. The minimum atomic E-state index is -0.693. The minimum Gasteiger partial charge on any atom is -0.459 e. The van der Waals surface area contributed by atoms with E-state index < -0.39 is 12.2 Å². The molecule has 2 aliphatic heterocycles. The zero-order valence-electron chi connectivity index (χ0n) is 8.72. The van der Waals surface area contributed by atoms with Gasteiger partial charge in [0.2, 0.25) is 0 Å². The molecule has 0 unspecified atom stereocenters. The summed E-state index contributed by atoms with van der Waals surface area (Å²) in [5.41, 5.74) is 0. The Bertz CT molecular complexity index is 236. The molecule has 0 aromatic rings. The summed E-state index contributed by atoms with van der Waals surface area (Å²) in [6, 6.07) is 0. The number of carbonyl (C=O) groups is 1. The summed E-state index contributed by atoms with van der Waals surface area (Å²) in [7, 11) is 0. The van der Waals surface area contributed by atoms with Crippen LogP contribution in [0.15, 0.2) is 0 Å². The maximum Gasteiger partial charge on any atom is 0.309 e. The number of aliphatic hydroxyl groups excluding tert-OH is 1. The van der Waals surface area contributed by atoms with Gasteiger partial charge in [-0.25, -0.2) is 0 Å². The molecule has 86 valence electrons. The molecule has 5 nitrogen and oxygen atoms in total. The Morgan fingerprint density at radius 1 is 1.47 bits per heavy atom. The van der Waals surface area contributed by atoms with Crippen molar-refractivity contribution in [1.82, 2.24) is 0 Å². The molecule has 0 radical (unpaired) electrons. The van der Waals surface area contributed by atoms with Crippen molar-refractivity contribution in [2.45, 2.75) is 38.3 Å². The largest absolute Gasteiger partial charge is 0.459 e. The summed E-state index contributed by atoms with van der Waals surface area (Å²) < 4.78 is 15.5. The average molecular weight is 216 g/mol. The SMILES string of the molecule is C[C@H]1C[C@@H]([C@@H](O)CC2OCCO2)OC1=O. The second-order valence-electron chi connectivity index (χ2n) is 4.09. The Kier molecular flexibility index (Phi) is 3.23. The molecule has 0 aromatic carbocycles. The summed E-state index contributed by atoms with van der Waals surface area (Å²) in [6.07, 6.45) is -0.505. The smallest absolute Gasteiger partial charge is 0.309 e. The highest BCUT2D eigenvalue weighted by Crippen LogP contribution is 2.25. The van der Waals surface area contributed by atoms with Gasteiger partial charge in [-0.1, -0.05) is 6.92 Å². The van der Waals surface area contributed by atoms with Crippen molar-refractivity contribution in [2.24, 2.45) is 5.92 Å². The highest BCUT2D eigenvalue weighted by molar-refractivity contribution is 5.74. The van der Waals surface area contributed by atoms with E-state index in [9.17, 15) is 9.90 Å². The fourth-order valence-electron chi connectivity index (χ4n) is 1.89. The van der Waals surface area contributed by atoms with Gasteiger partial charge in [-0.05, 0) is 6.42 Å². The Labute approximate surface area is 88.3 Å². The van der Waals surface area contributed by atoms with Crippen LogP contribution in [0.5, 0.6) is 0 Å². The second-order valence-corrected chi connectivity index (χ2v) is 4.09. The summed E-state index contributed by atoms with van der Waals surface area (Å²) in [5, 5.41) is 9.81. The molecule has 0 amide bonds. The van der Waals surface area contributed by atoms with Gasteiger partial charge in [0.1, 0.15) is 6.10 Å². The predicted molar refractivity (Wildman–Crippen MR) is 50.0 cm³/mol. The molecule has 2 heterocycles. The standard InChI is InChI=1S/C10H16O5/c1-6-4-8(15-10(6)12)7(11)5-9-13-2-3-14-9/h6-9,11H,2-5H2,1H3/t6-,7-,8-/m0/s1. The van der Waals surface area contributed by atoms with Crippen LogP contribution in [0.25, 0.3) is 0 Å². The Balaban J connectivity index is 1.80. The van der Waals surface area contributed by atoms with Crippen LogP contribution in [-0.2, 0) is 19.0 Å². The molecule has 5 heteroatoms. The fraction of sp³-hybridized carbons (Fsp3) is 0.900. The third kappa shape index (κ3) is 2.48. The van der Waals surface area contributed by atoms with E-state index in [0.29, 0.717) is 26.1 Å². The molecule has 2 aliphatic rings. The lowest BCUT2D eigenvalue weighted by Crippen LogP contribution is -2.30. The van der Waals surface area contributed by atoms with Crippen molar-refractivity contribution >= 4 is 5.97 Å². The summed E-state index contributed by atoms with van der Waals surface area (Å²) in [4.78, 5) is 11.1. The first kappa shape index (κ1) is 10.9. The first-order valence-corrected chi connectivity index (χ1v) is 5.28. The zero-order valence-corrected chi connectivity index (χ0v) is 8.72. The lowest BCUT2D eigenvalue weighted by atomic mass is 10.0. The van der Waals surface area contributed by atoms with Gasteiger partial charge in [-0.15, -0.1) is 0 Å². The molecule has 0 saturated carbocycles. The first-order valence-electron chi connectivity index (χ1n) is 5.28. The van der Waals surface area contributed by atoms with Gasteiger partial charge in [-0.3, -0.25) is 4.79 Å². The van der Waals surface area contributed by atoms with E-state index in [1.54, 1.807) is 6.92 Å². The van der Waals surface area contributed by atoms with Crippen LogP contribution in [-0.4, -0.2) is 42.8 Å². The number of hydrogen-bond donors (Lipinski definition) is 1. The van der Waals surface area contributed by atoms with E-state index >= 15 is 0 Å². The van der Waals surface area contributed by atoms with Crippen molar-refractivity contribution in [3.8, 4) is 0 Å². The van der Waals surface area contributed by atoms with Crippen molar-refractivity contribution in [3.63, 3.8) is 0 Å². The van der Waals surface area contributed by atoms with E-state index in [4.69, 9.17) is 14.2 Å². The lowest BCUT2D eigenvalue weighted by molar-refractivity contribution is -0.150. The number of carbonyl (C=O) groups excluding carboxylic acids is 1. The zero-order chi connectivity index (χ0) is 10.8. The van der Waals surface area contributed by atoms with Crippen molar-refractivity contribution < 1.29 is 24.1 Å². The molecule has 0 aromatic heterocycles. The highest BCUT2D eigenvalue weighted by atomic mass is 16.7. The number of rotatable bonds is 3. The summed E-state index contributed by atoms with van der Waals surface area (Å²) in [5.74, 6) is -0.345. The van der Waals surface area contributed by atoms with Gasteiger partial charge < -0.3 is 19.3 Å². The monoisotopic (exact) mass is 216 g/mol. The molecule has 1 N–H and O–H groups in total. The van der Waals surface area contributed by atoms with Gasteiger partial charge >= 0.3 is 5.97 Å². The Hall–Kier alpha value is -0.650.